The molecule has 0 spiro atoms. The van der Waals surface area contributed by atoms with Gasteiger partial charge in [-0.05, 0) is 23.8 Å². The molecule has 0 saturated carbocycles. The molecule has 0 saturated heterocycles. The van der Waals surface area contributed by atoms with E-state index in [0.717, 1.165) is 5.56 Å². The van der Waals surface area contributed by atoms with Gasteiger partial charge in [0.25, 0.3) is 5.56 Å². The second-order valence-corrected chi connectivity index (χ2v) is 7.03. The quantitative estimate of drug-likeness (QED) is 0.328. The van der Waals surface area contributed by atoms with Crippen molar-refractivity contribution in [2.75, 3.05) is 6.61 Å². The fourth-order valence-corrected chi connectivity index (χ4v) is 3.16. The molecule has 4 aromatic rings. The van der Waals surface area contributed by atoms with Crippen molar-refractivity contribution in [1.82, 2.24) is 30.2 Å². The van der Waals surface area contributed by atoms with Crippen LogP contribution < -0.4 is 5.56 Å². The van der Waals surface area contributed by atoms with Crippen LogP contribution in [0.2, 0.25) is 0 Å². The number of nitrogens with one attached hydrogen (secondary N) is 1. The molecule has 9 nitrogen and oxygen atoms in total. The molecular weight excluding hydrogens is 396 g/mol. The van der Waals surface area contributed by atoms with Crippen LogP contribution in [0.3, 0.4) is 0 Å². The van der Waals surface area contributed by atoms with Crippen molar-refractivity contribution in [2.24, 2.45) is 0 Å². The molecule has 0 unspecified atom stereocenters. The highest BCUT2D eigenvalue weighted by molar-refractivity contribution is 5.77. The first-order valence-corrected chi connectivity index (χ1v) is 10.2. The lowest BCUT2D eigenvalue weighted by Gasteiger charge is -2.05. The van der Waals surface area contributed by atoms with Crippen molar-refractivity contribution in [1.29, 1.82) is 0 Å². The molecule has 0 aliphatic carbocycles. The molecule has 1 N–H and O–H groups in total. The van der Waals surface area contributed by atoms with Crippen LogP contribution >= 0.6 is 0 Å². The zero-order chi connectivity index (χ0) is 21.5. The number of nitrogens with zero attached hydrogens (tertiary/aromatic N) is 5. The molecule has 9 heteroatoms. The zero-order valence-electron chi connectivity index (χ0n) is 16.9. The van der Waals surface area contributed by atoms with Gasteiger partial charge < -0.3 is 9.72 Å². The van der Waals surface area contributed by atoms with Crippen LogP contribution in [-0.4, -0.2) is 42.8 Å². The van der Waals surface area contributed by atoms with Crippen LogP contribution in [0.4, 0.5) is 0 Å². The number of tetrazole rings is 1. The van der Waals surface area contributed by atoms with E-state index in [0.29, 0.717) is 48.4 Å². The number of rotatable bonds is 9. The van der Waals surface area contributed by atoms with E-state index >= 15 is 0 Å². The molecule has 31 heavy (non-hydrogen) atoms. The van der Waals surface area contributed by atoms with Crippen LogP contribution in [0.1, 0.15) is 25.1 Å². The molecule has 2 aromatic carbocycles. The van der Waals surface area contributed by atoms with Crippen molar-refractivity contribution >= 4 is 16.9 Å². The van der Waals surface area contributed by atoms with E-state index in [-0.39, 0.29) is 24.6 Å². The monoisotopic (exact) mass is 418 g/mol. The van der Waals surface area contributed by atoms with Gasteiger partial charge in [-0.25, -0.2) is 4.98 Å². The number of para-hydroxylation sites is 1. The zero-order valence-corrected chi connectivity index (χ0v) is 16.9. The van der Waals surface area contributed by atoms with Crippen molar-refractivity contribution in [3.8, 4) is 11.4 Å². The van der Waals surface area contributed by atoms with Crippen LogP contribution in [0.5, 0.6) is 0 Å². The Morgan fingerprint density at radius 2 is 1.84 bits per heavy atom. The summed E-state index contributed by atoms with van der Waals surface area (Å²) in [6, 6.07) is 16.8. The van der Waals surface area contributed by atoms with Gasteiger partial charge in [-0.1, -0.05) is 42.5 Å². The van der Waals surface area contributed by atoms with E-state index in [1.54, 1.807) is 18.2 Å². The van der Waals surface area contributed by atoms with Gasteiger partial charge in [-0.3, -0.25) is 9.59 Å². The average molecular weight is 418 g/mol. The lowest BCUT2D eigenvalue weighted by Crippen LogP contribution is -2.13. The Balaban J connectivity index is 1.17. The van der Waals surface area contributed by atoms with Crippen molar-refractivity contribution in [3.63, 3.8) is 0 Å². The predicted molar refractivity (Wildman–Crippen MR) is 114 cm³/mol. The second kappa shape index (κ2) is 9.75. The van der Waals surface area contributed by atoms with Crippen molar-refractivity contribution < 1.29 is 9.53 Å². The SMILES string of the molecule is O=C(CCCc1nc2ccccc2c(=O)[nH]1)OCCCn1nnc(-c2ccccc2)n1. The Morgan fingerprint density at radius 1 is 1.03 bits per heavy atom. The minimum atomic E-state index is -0.278. The molecule has 0 atom stereocenters. The highest BCUT2D eigenvalue weighted by atomic mass is 16.5. The Hall–Kier alpha value is -3.88. The van der Waals surface area contributed by atoms with E-state index in [9.17, 15) is 9.59 Å². The number of fused-ring (bicyclic) bond motifs is 1. The third-order valence-electron chi connectivity index (χ3n) is 4.71. The highest BCUT2D eigenvalue weighted by Crippen LogP contribution is 2.12. The van der Waals surface area contributed by atoms with Gasteiger partial charge in [0.05, 0.1) is 24.1 Å². The summed E-state index contributed by atoms with van der Waals surface area (Å²) in [5.74, 6) is 0.862. The van der Waals surface area contributed by atoms with Crippen LogP contribution in [0.15, 0.2) is 59.4 Å². The fourth-order valence-electron chi connectivity index (χ4n) is 3.16. The summed E-state index contributed by atoms with van der Waals surface area (Å²) < 4.78 is 5.27. The first kappa shape index (κ1) is 20.4. The smallest absolute Gasteiger partial charge is 0.305 e. The van der Waals surface area contributed by atoms with Crippen LogP contribution in [-0.2, 0) is 22.5 Å². The fraction of sp³-hybridized carbons (Fsp3) is 0.273. The van der Waals surface area contributed by atoms with Gasteiger partial charge >= 0.3 is 5.97 Å². The predicted octanol–water partition coefficient (Wildman–Crippen LogP) is 2.53. The number of hydrogen-bond donors (Lipinski definition) is 1. The third-order valence-corrected chi connectivity index (χ3v) is 4.71. The molecule has 0 bridgehead atoms. The summed E-state index contributed by atoms with van der Waals surface area (Å²) in [6.07, 6.45) is 1.90. The maximum absolute atomic E-state index is 12.1. The summed E-state index contributed by atoms with van der Waals surface area (Å²) in [4.78, 5) is 32.7. The van der Waals surface area contributed by atoms with Crippen molar-refractivity contribution in [2.45, 2.75) is 32.2 Å². The van der Waals surface area contributed by atoms with Gasteiger partial charge in [0, 0.05) is 24.8 Å². The van der Waals surface area contributed by atoms with Gasteiger partial charge in [-0.15, -0.1) is 10.2 Å². The number of aryl methyl sites for hydroxylation is 2. The lowest BCUT2D eigenvalue weighted by molar-refractivity contribution is -0.143. The molecule has 158 valence electrons. The summed E-state index contributed by atoms with van der Waals surface area (Å²) in [5, 5.41) is 12.9. The van der Waals surface area contributed by atoms with Gasteiger partial charge in [0.15, 0.2) is 0 Å². The second-order valence-electron chi connectivity index (χ2n) is 7.03. The number of H-pyrrole nitrogens is 1. The average Bonchev–Trinajstić information content (AvgIpc) is 3.26. The molecule has 0 aliphatic heterocycles. The first-order valence-electron chi connectivity index (χ1n) is 10.2. The number of esters is 1. The Kier molecular flexibility index (Phi) is 6.41. The summed E-state index contributed by atoms with van der Waals surface area (Å²) >= 11 is 0. The van der Waals surface area contributed by atoms with Crippen LogP contribution in [0, 0.1) is 0 Å². The molecule has 0 radical (unpaired) electrons. The largest absolute Gasteiger partial charge is 0.466 e. The van der Waals surface area contributed by atoms with E-state index in [2.05, 4.69) is 25.4 Å². The molecule has 0 aliphatic rings. The Morgan fingerprint density at radius 3 is 2.71 bits per heavy atom. The minimum absolute atomic E-state index is 0.166. The third kappa shape index (κ3) is 5.39. The van der Waals surface area contributed by atoms with Crippen molar-refractivity contribution in [3.05, 3.63) is 70.8 Å². The molecule has 0 amide bonds. The van der Waals surface area contributed by atoms with E-state index in [1.807, 2.05) is 36.4 Å². The van der Waals surface area contributed by atoms with Crippen LogP contribution in [0.25, 0.3) is 22.3 Å². The number of hydrogen-bond acceptors (Lipinski definition) is 7. The standard InChI is InChI=1S/C22H22N6O3/c29-20(13-6-12-19-23-18-11-5-4-10-17(18)22(30)24-19)31-15-7-14-28-26-21(25-27-28)16-8-2-1-3-9-16/h1-5,8-11H,6-7,12-15H2,(H,23,24,30). The van der Waals surface area contributed by atoms with Gasteiger partial charge in [-0.2, -0.15) is 4.80 Å². The number of carbonyl (C=O) groups is 1. The minimum Gasteiger partial charge on any atom is -0.466 e. The number of ether oxygens (including phenoxy) is 1. The molecular formula is C22H22N6O3. The number of aromatic nitrogens is 6. The molecule has 2 aromatic heterocycles. The van der Waals surface area contributed by atoms with E-state index in [1.165, 1.54) is 4.80 Å². The Labute approximate surface area is 178 Å². The van der Waals surface area contributed by atoms with Gasteiger partial charge in [0.1, 0.15) is 5.82 Å². The van der Waals surface area contributed by atoms with Gasteiger partial charge in [0.2, 0.25) is 5.82 Å². The summed E-state index contributed by atoms with van der Waals surface area (Å²) in [6.45, 7) is 0.793. The van der Waals surface area contributed by atoms with E-state index in [4.69, 9.17) is 4.74 Å². The lowest BCUT2D eigenvalue weighted by atomic mass is 10.2. The summed E-state index contributed by atoms with van der Waals surface area (Å²) in [7, 11) is 0. The number of carbonyl (C=O) groups excluding carboxylic acids is 1. The molecule has 2 heterocycles. The van der Waals surface area contributed by atoms with E-state index < -0.39 is 0 Å². The highest BCUT2D eigenvalue weighted by Gasteiger charge is 2.08. The number of benzene rings is 2. The molecule has 4 rings (SSSR count). The molecule has 0 fully saturated rings. The Bertz CT molecular complexity index is 1220. The normalized spacial score (nSPS) is 11.0. The summed E-state index contributed by atoms with van der Waals surface area (Å²) in [5.41, 5.74) is 1.39. The number of aromatic amines is 1. The topological polar surface area (TPSA) is 116 Å². The maximum atomic E-state index is 12.1. The maximum Gasteiger partial charge on any atom is 0.305 e. The first-order chi connectivity index (χ1) is 15.2.